The molecule has 0 atom stereocenters. The summed E-state index contributed by atoms with van der Waals surface area (Å²) >= 11 is 0. The van der Waals surface area contributed by atoms with Crippen molar-refractivity contribution in [2.75, 3.05) is 44.8 Å². The smallest absolute Gasteiger partial charge is 0.416 e. The standard InChI is InChI=1S/C21H24F3N3O3/c22-21(23,24)17-4-2-5-18(14-17)26-20(28)25-15-16-3-1-6-19(13-16)30-12-9-27-7-10-29-11-8-27/h1-6,13-14H,7-12,15H2,(H2,25,26,28). The number of ether oxygens (including phenoxy) is 2. The van der Waals surface area contributed by atoms with Crippen molar-refractivity contribution in [2.45, 2.75) is 12.7 Å². The number of carbonyl (C=O) groups excluding carboxylic acids is 1. The minimum atomic E-state index is -4.46. The molecule has 162 valence electrons. The molecule has 2 aromatic rings. The van der Waals surface area contributed by atoms with Crippen LogP contribution >= 0.6 is 0 Å². The Kier molecular flexibility index (Phi) is 7.53. The summed E-state index contributed by atoms with van der Waals surface area (Å²) in [6.45, 7) is 4.85. The number of alkyl halides is 3. The minimum Gasteiger partial charge on any atom is -0.492 e. The second-order valence-corrected chi connectivity index (χ2v) is 6.84. The van der Waals surface area contributed by atoms with Crippen LogP contribution in [-0.2, 0) is 17.5 Å². The van der Waals surface area contributed by atoms with Gasteiger partial charge >= 0.3 is 12.2 Å². The Morgan fingerprint density at radius 2 is 1.87 bits per heavy atom. The van der Waals surface area contributed by atoms with Crippen LogP contribution in [0.4, 0.5) is 23.7 Å². The summed E-state index contributed by atoms with van der Waals surface area (Å²) in [6, 6.07) is 11.2. The molecule has 1 fully saturated rings. The van der Waals surface area contributed by atoms with Crippen LogP contribution in [0, 0.1) is 0 Å². The molecule has 0 radical (unpaired) electrons. The summed E-state index contributed by atoms with van der Waals surface area (Å²) < 4.78 is 49.4. The summed E-state index contributed by atoms with van der Waals surface area (Å²) in [5, 5.41) is 5.04. The third kappa shape index (κ3) is 6.93. The Bertz CT molecular complexity index is 839. The number of carbonyl (C=O) groups is 1. The van der Waals surface area contributed by atoms with Gasteiger partial charge in [-0.25, -0.2) is 4.79 Å². The molecule has 0 bridgehead atoms. The van der Waals surface area contributed by atoms with Crippen molar-refractivity contribution in [1.29, 1.82) is 0 Å². The molecule has 1 saturated heterocycles. The summed E-state index contributed by atoms with van der Waals surface area (Å²) in [7, 11) is 0. The van der Waals surface area contributed by atoms with Gasteiger partial charge in [-0.05, 0) is 35.9 Å². The van der Waals surface area contributed by atoms with E-state index in [0.29, 0.717) is 12.4 Å². The molecule has 6 nitrogen and oxygen atoms in total. The van der Waals surface area contributed by atoms with Crippen LogP contribution in [0.1, 0.15) is 11.1 Å². The van der Waals surface area contributed by atoms with Gasteiger partial charge in [-0.3, -0.25) is 4.90 Å². The van der Waals surface area contributed by atoms with Crippen LogP contribution in [0.3, 0.4) is 0 Å². The third-order valence-electron chi connectivity index (χ3n) is 4.58. The summed E-state index contributed by atoms with van der Waals surface area (Å²) in [5.41, 5.74) is 0.0721. The first-order valence-corrected chi connectivity index (χ1v) is 9.64. The van der Waals surface area contributed by atoms with E-state index in [1.54, 1.807) is 0 Å². The lowest BCUT2D eigenvalue weighted by Gasteiger charge is -2.26. The van der Waals surface area contributed by atoms with Crippen molar-refractivity contribution >= 4 is 11.7 Å². The molecule has 2 aromatic carbocycles. The summed E-state index contributed by atoms with van der Waals surface area (Å²) in [6.07, 6.45) is -4.46. The van der Waals surface area contributed by atoms with Crippen LogP contribution in [0.15, 0.2) is 48.5 Å². The maximum absolute atomic E-state index is 12.8. The highest BCUT2D eigenvalue weighted by atomic mass is 19.4. The number of nitrogens with one attached hydrogen (secondary N) is 2. The first-order chi connectivity index (χ1) is 14.4. The van der Waals surface area contributed by atoms with Crippen molar-refractivity contribution < 1.29 is 27.4 Å². The van der Waals surface area contributed by atoms with Crippen molar-refractivity contribution in [3.63, 3.8) is 0 Å². The average Bonchev–Trinajstić information content (AvgIpc) is 2.73. The molecular formula is C21H24F3N3O3. The fraction of sp³-hybridized carbons (Fsp3) is 0.381. The molecule has 0 spiro atoms. The lowest BCUT2D eigenvalue weighted by Crippen LogP contribution is -2.38. The number of rotatable bonds is 7. The van der Waals surface area contributed by atoms with Gasteiger partial charge in [0.05, 0.1) is 18.8 Å². The SMILES string of the molecule is O=C(NCc1cccc(OCCN2CCOCC2)c1)Nc1cccc(C(F)(F)F)c1. The highest BCUT2D eigenvalue weighted by Crippen LogP contribution is 2.30. The van der Waals surface area contributed by atoms with E-state index in [4.69, 9.17) is 9.47 Å². The Hall–Kier alpha value is -2.78. The van der Waals surface area contributed by atoms with E-state index in [2.05, 4.69) is 15.5 Å². The molecule has 1 aliphatic heterocycles. The number of nitrogens with zero attached hydrogens (tertiary/aromatic N) is 1. The van der Waals surface area contributed by atoms with Gasteiger partial charge in [0.2, 0.25) is 0 Å². The number of hydrogen-bond acceptors (Lipinski definition) is 4. The van der Waals surface area contributed by atoms with Crippen LogP contribution in [0.5, 0.6) is 5.75 Å². The van der Waals surface area contributed by atoms with Crippen molar-refractivity contribution in [1.82, 2.24) is 10.2 Å². The zero-order valence-corrected chi connectivity index (χ0v) is 16.4. The lowest BCUT2D eigenvalue weighted by atomic mass is 10.2. The Morgan fingerprint density at radius 3 is 2.63 bits per heavy atom. The number of morpholine rings is 1. The van der Waals surface area contributed by atoms with Crippen LogP contribution < -0.4 is 15.4 Å². The molecule has 30 heavy (non-hydrogen) atoms. The molecule has 9 heteroatoms. The second-order valence-electron chi connectivity index (χ2n) is 6.84. The molecule has 0 unspecified atom stereocenters. The first-order valence-electron chi connectivity index (χ1n) is 9.64. The molecule has 2 N–H and O–H groups in total. The number of hydrogen-bond donors (Lipinski definition) is 2. The fourth-order valence-electron chi connectivity index (χ4n) is 2.99. The van der Waals surface area contributed by atoms with E-state index in [1.165, 1.54) is 12.1 Å². The third-order valence-corrected chi connectivity index (χ3v) is 4.58. The van der Waals surface area contributed by atoms with Crippen LogP contribution in [0.25, 0.3) is 0 Å². The van der Waals surface area contributed by atoms with E-state index in [0.717, 1.165) is 50.5 Å². The van der Waals surface area contributed by atoms with Gasteiger partial charge in [0.25, 0.3) is 0 Å². The van der Waals surface area contributed by atoms with Gasteiger partial charge in [-0.2, -0.15) is 13.2 Å². The van der Waals surface area contributed by atoms with E-state index >= 15 is 0 Å². The number of halogens is 3. The lowest BCUT2D eigenvalue weighted by molar-refractivity contribution is -0.137. The molecule has 1 aliphatic rings. The molecule has 0 saturated carbocycles. The fourth-order valence-corrected chi connectivity index (χ4v) is 2.99. The molecular weight excluding hydrogens is 399 g/mol. The normalized spacial score (nSPS) is 14.9. The number of urea groups is 1. The molecule has 0 aromatic heterocycles. The predicted octanol–water partition coefficient (Wildman–Crippen LogP) is 3.74. The van der Waals surface area contributed by atoms with Crippen LogP contribution in [0.2, 0.25) is 0 Å². The topological polar surface area (TPSA) is 62.8 Å². The van der Waals surface area contributed by atoms with Gasteiger partial charge in [-0.1, -0.05) is 18.2 Å². The minimum absolute atomic E-state index is 0.0718. The summed E-state index contributed by atoms with van der Waals surface area (Å²) in [5.74, 6) is 0.695. The summed E-state index contributed by atoms with van der Waals surface area (Å²) in [4.78, 5) is 14.3. The van der Waals surface area contributed by atoms with Gasteiger partial charge in [0.1, 0.15) is 12.4 Å². The zero-order valence-electron chi connectivity index (χ0n) is 16.4. The molecule has 1 heterocycles. The Labute approximate surface area is 173 Å². The highest BCUT2D eigenvalue weighted by molar-refractivity contribution is 5.89. The second kappa shape index (κ2) is 10.3. The van der Waals surface area contributed by atoms with Crippen molar-refractivity contribution in [3.8, 4) is 5.75 Å². The van der Waals surface area contributed by atoms with Crippen LogP contribution in [-0.4, -0.2) is 50.4 Å². The molecule has 0 aliphatic carbocycles. The van der Waals surface area contributed by atoms with E-state index in [-0.39, 0.29) is 12.2 Å². The predicted molar refractivity (Wildman–Crippen MR) is 106 cm³/mol. The van der Waals surface area contributed by atoms with Gasteiger partial charge < -0.3 is 20.1 Å². The maximum Gasteiger partial charge on any atom is 0.416 e. The highest BCUT2D eigenvalue weighted by Gasteiger charge is 2.30. The van der Waals surface area contributed by atoms with Gasteiger partial charge in [0, 0.05) is 31.9 Å². The largest absolute Gasteiger partial charge is 0.492 e. The quantitative estimate of drug-likeness (QED) is 0.712. The zero-order chi connectivity index (χ0) is 21.4. The Balaban J connectivity index is 1.45. The monoisotopic (exact) mass is 423 g/mol. The van der Waals surface area contributed by atoms with Gasteiger partial charge in [0.15, 0.2) is 0 Å². The first kappa shape index (κ1) is 21.9. The van der Waals surface area contributed by atoms with E-state index in [1.807, 2.05) is 24.3 Å². The van der Waals surface area contributed by atoms with E-state index in [9.17, 15) is 18.0 Å². The average molecular weight is 423 g/mol. The number of benzene rings is 2. The van der Waals surface area contributed by atoms with Crippen molar-refractivity contribution in [2.24, 2.45) is 0 Å². The van der Waals surface area contributed by atoms with Crippen molar-refractivity contribution in [3.05, 3.63) is 59.7 Å². The van der Waals surface area contributed by atoms with Gasteiger partial charge in [-0.15, -0.1) is 0 Å². The maximum atomic E-state index is 12.8. The molecule has 3 rings (SSSR count). The molecule has 2 amide bonds. The van der Waals surface area contributed by atoms with E-state index < -0.39 is 17.8 Å². The number of amides is 2. The Morgan fingerprint density at radius 1 is 1.10 bits per heavy atom. The number of anilines is 1.